The van der Waals surface area contributed by atoms with Crippen molar-refractivity contribution in [3.63, 3.8) is 0 Å². The van der Waals surface area contributed by atoms with E-state index in [0.29, 0.717) is 5.02 Å². The second-order valence-corrected chi connectivity index (χ2v) is 6.54. The first-order valence-electron chi connectivity index (χ1n) is 8.43. The number of furan rings is 1. The van der Waals surface area contributed by atoms with E-state index >= 15 is 0 Å². The van der Waals surface area contributed by atoms with E-state index in [1.807, 2.05) is 48.5 Å². The van der Waals surface area contributed by atoms with Crippen LogP contribution in [0.5, 0.6) is 0 Å². The Morgan fingerprint density at radius 3 is 2.44 bits per heavy atom. The zero-order valence-electron chi connectivity index (χ0n) is 14.8. The van der Waals surface area contributed by atoms with Gasteiger partial charge in [-0.05, 0) is 35.4 Å². The van der Waals surface area contributed by atoms with Crippen LogP contribution in [0.15, 0.2) is 77.4 Å². The highest BCUT2D eigenvalue weighted by molar-refractivity contribution is 6.30. The fourth-order valence-electron chi connectivity index (χ4n) is 2.77. The van der Waals surface area contributed by atoms with Crippen molar-refractivity contribution in [1.82, 2.24) is 10.2 Å². The Hall–Kier alpha value is -3.05. The standard InChI is InChI=1S/C21H19ClN2O3/c1-24(21(26)18-11-6-12-27-18)14-19(25)23-20(15-7-3-2-4-8-15)16-9-5-10-17(22)13-16/h2-13,20H,14H2,1H3,(H,23,25). The molecule has 1 N–H and O–H groups in total. The summed E-state index contributed by atoms with van der Waals surface area (Å²) in [4.78, 5) is 26.2. The number of halogens is 1. The predicted molar refractivity (Wildman–Crippen MR) is 104 cm³/mol. The second kappa shape index (κ2) is 8.56. The maximum absolute atomic E-state index is 12.6. The van der Waals surface area contributed by atoms with Crippen LogP contribution in [0.25, 0.3) is 0 Å². The first-order valence-corrected chi connectivity index (χ1v) is 8.81. The van der Waals surface area contributed by atoms with Crippen LogP contribution in [0.3, 0.4) is 0 Å². The van der Waals surface area contributed by atoms with E-state index in [9.17, 15) is 9.59 Å². The molecule has 5 nitrogen and oxygen atoms in total. The molecule has 2 aromatic carbocycles. The van der Waals surface area contributed by atoms with Crippen molar-refractivity contribution in [3.05, 3.63) is 94.9 Å². The summed E-state index contributed by atoms with van der Waals surface area (Å²) in [5.41, 5.74) is 1.79. The average molecular weight is 383 g/mol. The second-order valence-electron chi connectivity index (χ2n) is 6.10. The van der Waals surface area contributed by atoms with E-state index in [-0.39, 0.29) is 30.2 Å². The van der Waals surface area contributed by atoms with E-state index in [4.69, 9.17) is 16.0 Å². The first kappa shape index (κ1) is 18.7. The van der Waals surface area contributed by atoms with Crippen molar-refractivity contribution in [1.29, 1.82) is 0 Å². The third-order valence-corrected chi connectivity index (χ3v) is 4.31. The zero-order chi connectivity index (χ0) is 19.2. The van der Waals surface area contributed by atoms with Gasteiger partial charge in [0.2, 0.25) is 5.91 Å². The molecular weight excluding hydrogens is 364 g/mol. The molecule has 27 heavy (non-hydrogen) atoms. The molecule has 1 aromatic heterocycles. The van der Waals surface area contributed by atoms with Crippen LogP contribution in [0.2, 0.25) is 5.02 Å². The summed E-state index contributed by atoms with van der Waals surface area (Å²) in [6, 6.07) is 19.8. The third-order valence-electron chi connectivity index (χ3n) is 4.08. The molecule has 0 spiro atoms. The number of rotatable bonds is 6. The average Bonchev–Trinajstić information content (AvgIpc) is 3.21. The lowest BCUT2D eigenvalue weighted by molar-refractivity contribution is -0.122. The summed E-state index contributed by atoms with van der Waals surface area (Å²) >= 11 is 6.12. The van der Waals surface area contributed by atoms with Crippen molar-refractivity contribution >= 4 is 23.4 Å². The van der Waals surface area contributed by atoms with Gasteiger partial charge < -0.3 is 14.6 Å². The predicted octanol–water partition coefficient (Wildman–Crippen LogP) is 3.91. The van der Waals surface area contributed by atoms with E-state index < -0.39 is 0 Å². The van der Waals surface area contributed by atoms with Crippen molar-refractivity contribution in [2.75, 3.05) is 13.6 Å². The molecule has 0 saturated carbocycles. The molecule has 2 amide bonds. The largest absolute Gasteiger partial charge is 0.459 e. The van der Waals surface area contributed by atoms with E-state index in [2.05, 4.69) is 5.32 Å². The van der Waals surface area contributed by atoms with Gasteiger partial charge in [-0.15, -0.1) is 0 Å². The summed E-state index contributed by atoms with van der Waals surface area (Å²) in [6.45, 7) is -0.0938. The van der Waals surface area contributed by atoms with Gasteiger partial charge >= 0.3 is 0 Å². The fourth-order valence-corrected chi connectivity index (χ4v) is 2.97. The summed E-state index contributed by atoms with van der Waals surface area (Å²) < 4.78 is 5.09. The molecule has 1 unspecified atom stereocenters. The van der Waals surface area contributed by atoms with Crippen LogP contribution in [-0.2, 0) is 4.79 Å². The minimum Gasteiger partial charge on any atom is -0.459 e. The number of carbonyl (C=O) groups excluding carboxylic acids is 2. The lowest BCUT2D eigenvalue weighted by atomic mass is 9.98. The van der Waals surface area contributed by atoms with Gasteiger partial charge in [0.25, 0.3) is 5.91 Å². The molecular formula is C21H19ClN2O3. The van der Waals surface area contributed by atoms with Gasteiger partial charge in [0, 0.05) is 12.1 Å². The summed E-state index contributed by atoms with van der Waals surface area (Å²) in [7, 11) is 1.56. The minimum atomic E-state index is -0.371. The van der Waals surface area contributed by atoms with Gasteiger partial charge in [0.15, 0.2) is 5.76 Å². The summed E-state index contributed by atoms with van der Waals surface area (Å²) in [5.74, 6) is -0.444. The number of nitrogens with zero attached hydrogens (tertiary/aromatic N) is 1. The van der Waals surface area contributed by atoms with Gasteiger partial charge in [-0.2, -0.15) is 0 Å². The highest BCUT2D eigenvalue weighted by Crippen LogP contribution is 2.24. The van der Waals surface area contributed by atoms with E-state index in [1.54, 1.807) is 25.2 Å². The van der Waals surface area contributed by atoms with Crippen LogP contribution in [-0.4, -0.2) is 30.3 Å². The number of benzene rings is 2. The highest BCUT2D eigenvalue weighted by Gasteiger charge is 2.21. The molecule has 0 aliphatic heterocycles. The van der Waals surface area contributed by atoms with E-state index in [1.165, 1.54) is 11.2 Å². The number of nitrogens with one attached hydrogen (secondary N) is 1. The van der Waals surface area contributed by atoms with Crippen molar-refractivity contribution < 1.29 is 14.0 Å². The van der Waals surface area contributed by atoms with Crippen LogP contribution in [0, 0.1) is 0 Å². The molecule has 0 fully saturated rings. The Morgan fingerprint density at radius 2 is 1.78 bits per heavy atom. The number of hydrogen-bond acceptors (Lipinski definition) is 3. The SMILES string of the molecule is CN(CC(=O)NC(c1ccccc1)c1cccc(Cl)c1)C(=O)c1ccco1. The Labute approximate surface area is 162 Å². The Bertz CT molecular complexity index is 910. The van der Waals surface area contributed by atoms with Crippen LogP contribution >= 0.6 is 11.6 Å². The molecule has 138 valence electrons. The minimum absolute atomic E-state index is 0.0938. The molecule has 1 atom stereocenters. The van der Waals surface area contributed by atoms with Crippen LogP contribution < -0.4 is 5.32 Å². The molecule has 0 radical (unpaired) electrons. The molecule has 6 heteroatoms. The quantitative estimate of drug-likeness (QED) is 0.703. The molecule has 0 aliphatic carbocycles. The Balaban J connectivity index is 1.76. The van der Waals surface area contributed by atoms with Gasteiger partial charge in [0.1, 0.15) is 0 Å². The van der Waals surface area contributed by atoms with Crippen molar-refractivity contribution in [2.45, 2.75) is 6.04 Å². The zero-order valence-corrected chi connectivity index (χ0v) is 15.5. The van der Waals surface area contributed by atoms with Crippen molar-refractivity contribution in [3.8, 4) is 0 Å². The number of hydrogen-bond donors (Lipinski definition) is 1. The normalized spacial score (nSPS) is 11.6. The molecule has 0 aliphatic rings. The molecule has 0 saturated heterocycles. The summed E-state index contributed by atoms with van der Waals surface area (Å²) in [6.07, 6.45) is 1.42. The fraction of sp³-hybridized carbons (Fsp3) is 0.143. The van der Waals surface area contributed by atoms with Gasteiger partial charge in [-0.1, -0.05) is 54.1 Å². The number of likely N-dealkylation sites (N-methyl/N-ethyl adjacent to an activating group) is 1. The van der Waals surface area contributed by atoms with Crippen molar-refractivity contribution in [2.24, 2.45) is 0 Å². The van der Waals surface area contributed by atoms with Gasteiger partial charge in [0.05, 0.1) is 18.8 Å². The topological polar surface area (TPSA) is 62.6 Å². The first-order chi connectivity index (χ1) is 13.0. The van der Waals surface area contributed by atoms with Gasteiger partial charge in [-0.3, -0.25) is 9.59 Å². The van der Waals surface area contributed by atoms with Gasteiger partial charge in [-0.25, -0.2) is 0 Å². The molecule has 1 heterocycles. The van der Waals surface area contributed by atoms with Crippen LogP contribution in [0.4, 0.5) is 0 Å². The lowest BCUT2D eigenvalue weighted by Crippen LogP contribution is -2.40. The smallest absolute Gasteiger partial charge is 0.289 e. The number of carbonyl (C=O) groups is 2. The maximum atomic E-state index is 12.6. The Morgan fingerprint density at radius 1 is 1.04 bits per heavy atom. The number of amides is 2. The molecule has 3 aromatic rings. The lowest BCUT2D eigenvalue weighted by Gasteiger charge is -2.22. The van der Waals surface area contributed by atoms with E-state index in [0.717, 1.165) is 11.1 Å². The monoisotopic (exact) mass is 382 g/mol. The maximum Gasteiger partial charge on any atom is 0.289 e. The van der Waals surface area contributed by atoms with Crippen LogP contribution in [0.1, 0.15) is 27.7 Å². The summed E-state index contributed by atoms with van der Waals surface area (Å²) in [5, 5.41) is 3.58. The Kier molecular flexibility index (Phi) is 5.94. The third kappa shape index (κ3) is 4.77. The molecule has 0 bridgehead atoms. The molecule has 3 rings (SSSR count). The highest BCUT2D eigenvalue weighted by atomic mass is 35.5.